The molecule has 1 aromatic rings. The summed E-state index contributed by atoms with van der Waals surface area (Å²) in [6.07, 6.45) is -3.73. The van der Waals surface area contributed by atoms with Crippen LogP contribution in [0.4, 0.5) is 13.2 Å². The number of rotatable bonds is 3. The Morgan fingerprint density at radius 3 is 2.36 bits per heavy atom. The summed E-state index contributed by atoms with van der Waals surface area (Å²) in [6.45, 7) is 0.729. The monoisotopic (exact) mass is 356 g/mol. The van der Waals surface area contributed by atoms with E-state index < -0.39 is 31.7 Å². The number of alkyl halides is 3. The maximum absolute atomic E-state index is 13.1. The highest BCUT2D eigenvalue weighted by Crippen LogP contribution is 2.39. The van der Waals surface area contributed by atoms with Crippen LogP contribution >= 0.6 is 11.6 Å². The molecule has 1 aliphatic heterocycles. The van der Waals surface area contributed by atoms with Crippen LogP contribution in [0.1, 0.15) is 18.4 Å². The Hall–Kier alpha value is -0.830. The quantitative estimate of drug-likeness (QED) is 0.905. The Balaban J connectivity index is 2.43. The second-order valence-corrected chi connectivity index (χ2v) is 7.48. The first-order chi connectivity index (χ1) is 10.2. The molecule has 2 N–H and O–H groups in total. The Kier molecular flexibility index (Phi) is 5.06. The van der Waals surface area contributed by atoms with Crippen molar-refractivity contribution in [1.29, 1.82) is 0 Å². The minimum Gasteiger partial charge on any atom is -0.330 e. The molecule has 0 unspecified atom stereocenters. The van der Waals surface area contributed by atoms with E-state index in [2.05, 4.69) is 0 Å². The Labute approximate surface area is 132 Å². The number of sulfonamides is 1. The third kappa shape index (κ3) is 3.40. The number of halogens is 4. The topological polar surface area (TPSA) is 63.4 Å². The molecule has 0 aliphatic carbocycles. The summed E-state index contributed by atoms with van der Waals surface area (Å²) in [5, 5.41) is -0.421. The highest BCUT2D eigenvalue weighted by atomic mass is 35.5. The van der Waals surface area contributed by atoms with Gasteiger partial charge in [0.15, 0.2) is 0 Å². The summed E-state index contributed by atoms with van der Waals surface area (Å²) in [5.41, 5.74) is 4.30. The van der Waals surface area contributed by atoms with Crippen molar-refractivity contribution < 1.29 is 21.6 Å². The zero-order valence-electron chi connectivity index (χ0n) is 11.6. The van der Waals surface area contributed by atoms with Crippen molar-refractivity contribution in [2.75, 3.05) is 19.6 Å². The predicted molar refractivity (Wildman–Crippen MR) is 77.0 cm³/mol. The Morgan fingerprint density at radius 1 is 1.27 bits per heavy atom. The van der Waals surface area contributed by atoms with Gasteiger partial charge in [0.05, 0.1) is 10.6 Å². The lowest BCUT2D eigenvalue weighted by Crippen LogP contribution is -2.40. The molecule has 1 heterocycles. The van der Waals surface area contributed by atoms with Crippen LogP contribution in [0.2, 0.25) is 5.02 Å². The summed E-state index contributed by atoms with van der Waals surface area (Å²) < 4.78 is 65.5. The summed E-state index contributed by atoms with van der Waals surface area (Å²) in [5.74, 6) is 0.194. The minimum absolute atomic E-state index is 0.146. The summed E-state index contributed by atoms with van der Waals surface area (Å²) in [4.78, 5) is -0.865. The molecule has 0 aromatic heterocycles. The molecule has 1 aromatic carbocycles. The molecule has 1 saturated heterocycles. The van der Waals surface area contributed by atoms with Gasteiger partial charge in [-0.1, -0.05) is 17.7 Å². The zero-order valence-corrected chi connectivity index (χ0v) is 13.2. The maximum atomic E-state index is 13.1. The first kappa shape index (κ1) is 17.5. The lowest BCUT2D eigenvalue weighted by atomic mass is 9.99. The second kappa shape index (κ2) is 6.35. The average molecular weight is 357 g/mol. The third-order valence-electron chi connectivity index (χ3n) is 3.78. The highest BCUT2D eigenvalue weighted by Gasteiger charge is 2.41. The standard InChI is InChI=1S/C13H16ClF3N2O2S/c14-11-3-1-2-10(13(15,16)17)12(11)22(20,21)19-6-4-9(8-18)5-7-19/h1-3,9H,4-8,18H2. The highest BCUT2D eigenvalue weighted by molar-refractivity contribution is 7.89. The van der Waals surface area contributed by atoms with E-state index in [1.807, 2.05) is 0 Å². The molecule has 0 amide bonds. The van der Waals surface area contributed by atoms with Crippen molar-refractivity contribution in [1.82, 2.24) is 4.31 Å². The smallest absolute Gasteiger partial charge is 0.330 e. The third-order valence-corrected chi connectivity index (χ3v) is 6.20. The van der Waals surface area contributed by atoms with Gasteiger partial charge >= 0.3 is 6.18 Å². The van der Waals surface area contributed by atoms with Gasteiger partial charge in [-0.3, -0.25) is 0 Å². The van der Waals surface area contributed by atoms with E-state index in [4.69, 9.17) is 17.3 Å². The molecule has 0 bridgehead atoms. The van der Waals surface area contributed by atoms with E-state index >= 15 is 0 Å². The SMILES string of the molecule is NCC1CCN(S(=O)(=O)c2c(Cl)cccc2C(F)(F)F)CC1. The second-order valence-electron chi connectivity index (χ2n) is 5.20. The number of nitrogens with two attached hydrogens (primary N) is 1. The molecule has 124 valence electrons. The molecule has 0 radical (unpaired) electrons. The first-order valence-electron chi connectivity index (χ1n) is 6.74. The summed E-state index contributed by atoms with van der Waals surface area (Å²) >= 11 is 5.77. The zero-order chi connectivity index (χ0) is 16.5. The summed E-state index contributed by atoms with van der Waals surface area (Å²) in [6, 6.07) is 2.96. The largest absolute Gasteiger partial charge is 0.417 e. The van der Waals surface area contributed by atoms with Gasteiger partial charge in [0, 0.05) is 13.1 Å². The number of hydrogen-bond donors (Lipinski definition) is 1. The van der Waals surface area contributed by atoms with Gasteiger partial charge in [-0.2, -0.15) is 17.5 Å². The molecule has 0 saturated carbocycles. The van der Waals surface area contributed by atoms with Crippen LogP contribution in [0, 0.1) is 5.92 Å². The van der Waals surface area contributed by atoms with E-state index in [-0.39, 0.29) is 19.0 Å². The molecule has 9 heteroatoms. The number of nitrogens with zero attached hydrogens (tertiary/aromatic N) is 1. The fourth-order valence-corrected chi connectivity index (χ4v) is 4.70. The molecule has 2 rings (SSSR count). The minimum atomic E-state index is -4.79. The Bertz CT molecular complexity index is 641. The van der Waals surface area contributed by atoms with Gasteiger partial charge < -0.3 is 5.73 Å². The van der Waals surface area contributed by atoms with Crippen LogP contribution < -0.4 is 5.73 Å². The first-order valence-corrected chi connectivity index (χ1v) is 8.55. The molecular weight excluding hydrogens is 341 g/mol. The molecule has 1 aliphatic rings. The van der Waals surface area contributed by atoms with Crippen molar-refractivity contribution in [2.45, 2.75) is 23.9 Å². The van der Waals surface area contributed by atoms with Crippen molar-refractivity contribution >= 4 is 21.6 Å². The van der Waals surface area contributed by atoms with Crippen LogP contribution in [-0.2, 0) is 16.2 Å². The van der Waals surface area contributed by atoms with Crippen LogP contribution in [0.5, 0.6) is 0 Å². The van der Waals surface area contributed by atoms with Crippen LogP contribution in [-0.4, -0.2) is 32.4 Å². The fraction of sp³-hybridized carbons (Fsp3) is 0.538. The van der Waals surface area contributed by atoms with E-state index in [9.17, 15) is 21.6 Å². The van der Waals surface area contributed by atoms with Crippen molar-refractivity contribution in [3.8, 4) is 0 Å². The van der Waals surface area contributed by atoms with Crippen LogP contribution in [0.25, 0.3) is 0 Å². The van der Waals surface area contributed by atoms with E-state index in [0.29, 0.717) is 19.4 Å². The molecule has 0 atom stereocenters. The molecule has 4 nitrogen and oxygen atoms in total. The fourth-order valence-electron chi connectivity index (χ4n) is 2.51. The van der Waals surface area contributed by atoms with Crippen molar-refractivity contribution in [2.24, 2.45) is 11.7 Å². The number of piperidine rings is 1. The van der Waals surface area contributed by atoms with Gasteiger partial charge in [-0.25, -0.2) is 8.42 Å². The van der Waals surface area contributed by atoms with Gasteiger partial charge in [0.1, 0.15) is 4.90 Å². The van der Waals surface area contributed by atoms with Gasteiger partial charge in [0.25, 0.3) is 0 Å². The predicted octanol–water partition coefficient (Wildman–Crippen LogP) is 2.72. The molecule has 1 fully saturated rings. The maximum Gasteiger partial charge on any atom is 0.417 e. The van der Waals surface area contributed by atoms with Gasteiger partial charge in [0.2, 0.25) is 10.0 Å². The van der Waals surface area contributed by atoms with E-state index in [1.165, 1.54) is 0 Å². The van der Waals surface area contributed by atoms with Crippen molar-refractivity contribution in [3.63, 3.8) is 0 Å². The van der Waals surface area contributed by atoms with Crippen LogP contribution in [0.15, 0.2) is 23.1 Å². The number of benzene rings is 1. The van der Waals surface area contributed by atoms with Gasteiger partial charge in [-0.05, 0) is 37.4 Å². The summed E-state index contributed by atoms with van der Waals surface area (Å²) in [7, 11) is -4.30. The average Bonchev–Trinajstić information content (AvgIpc) is 2.46. The molecule has 0 spiro atoms. The molecule has 22 heavy (non-hydrogen) atoms. The normalized spacial score (nSPS) is 18.6. The lowest BCUT2D eigenvalue weighted by Gasteiger charge is -2.31. The number of hydrogen-bond acceptors (Lipinski definition) is 3. The van der Waals surface area contributed by atoms with Gasteiger partial charge in [-0.15, -0.1) is 0 Å². The van der Waals surface area contributed by atoms with Crippen molar-refractivity contribution in [3.05, 3.63) is 28.8 Å². The van der Waals surface area contributed by atoms with E-state index in [1.54, 1.807) is 0 Å². The lowest BCUT2D eigenvalue weighted by molar-refractivity contribution is -0.139. The Morgan fingerprint density at radius 2 is 1.86 bits per heavy atom. The van der Waals surface area contributed by atoms with Crippen LogP contribution in [0.3, 0.4) is 0 Å². The van der Waals surface area contributed by atoms with E-state index in [0.717, 1.165) is 22.5 Å². The molecular formula is C13H16ClF3N2O2S.